The lowest BCUT2D eigenvalue weighted by Crippen LogP contribution is -2.24. The quantitative estimate of drug-likeness (QED) is 0.265. The van der Waals surface area contributed by atoms with Crippen LogP contribution in [0.1, 0.15) is 22.3 Å². The zero-order valence-corrected chi connectivity index (χ0v) is 17.7. The van der Waals surface area contributed by atoms with Gasteiger partial charge in [0, 0.05) is 17.6 Å². The van der Waals surface area contributed by atoms with Gasteiger partial charge in [-0.05, 0) is 43.4 Å². The number of carbonyl (C=O) groups is 1. The highest BCUT2D eigenvalue weighted by atomic mass is 35.5. The van der Waals surface area contributed by atoms with Crippen molar-refractivity contribution in [2.75, 3.05) is 5.32 Å². The molecular formula is C18H16ClN5O3S2. The van der Waals surface area contributed by atoms with Crippen LogP contribution >= 0.6 is 35.2 Å². The third-order valence-electron chi connectivity index (χ3n) is 3.86. The Labute approximate surface area is 180 Å². The zero-order valence-electron chi connectivity index (χ0n) is 15.3. The first-order valence-electron chi connectivity index (χ1n) is 8.23. The second kappa shape index (κ2) is 8.60. The van der Waals surface area contributed by atoms with Crippen molar-refractivity contribution in [2.45, 2.75) is 6.92 Å². The Balaban J connectivity index is 1.74. The number of nitrogens with one attached hydrogen (secondary N) is 2. The van der Waals surface area contributed by atoms with Crippen LogP contribution < -0.4 is 10.7 Å². The second-order valence-corrected chi connectivity index (χ2v) is 7.84. The topological polar surface area (TPSA) is 112 Å². The number of thiocarbonyl (C=S) groups is 1. The molecule has 1 aromatic carbocycles. The molecular weight excluding hydrogens is 434 g/mol. The summed E-state index contributed by atoms with van der Waals surface area (Å²) in [5.74, 6) is -1.01. The van der Waals surface area contributed by atoms with E-state index in [0.29, 0.717) is 27.1 Å². The summed E-state index contributed by atoms with van der Waals surface area (Å²) in [6, 6.07) is 10.1. The number of carboxylic acid groups (broad SMARTS) is 1. The van der Waals surface area contributed by atoms with Gasteiger partial charge in [0.05, 0.1) is 10.7 Å². The van der Waals surface area contributed by atoms with Gasteiger partial charge in [0.2, 0.25) is 0 Å². The Morgan fingerprint density at radius 2 is 1.97 bits per heavy atom. The Morgan fingerprint density at radius 1 is 1.28 bits per heavy atom. The maximum atomic E-state index is 10.9. The molecule has 3 rings (SSSR count). The average Bonchev–Trinajstić information content (AvgIpc) is 3.25. The third kappa shape index (κ3) is 4.73. The van der Waals surface area contributed by atoms with Crippen LogP contribution in [0.15, 0.2) is 41.5 Å². The number of anilines is 1. The molecule has 0 aliphatic heterocycles. The number of aromatic nitrogens is 2. The number of nitrogens with zero attached hydrogens (tertiary/aromatic N) is 3. The molecule has 0 radical (unpaired) electrons. The van der Waals surface area contributed by atoms with Crippen molar-refractivity contribution in [3.05, 3.63) is 52.0 Å². The molecule has 2 heterocycles. The molecule has 0 spiro atoms. The van der Waals surface area contributed by atoms with Gasteiger partial charge in [0.15, 0.2) is 16.6 Å². The van der Waals surface area contributed by atoms with Gasteiger partial charge in [-0.2, -0.15) is 10.2 Å². The summed E-state index contributed by atoms with van der Waals surface area (Å²) >= 11 is 12.1. The molecule has 11 heteroatoms. The van der Waals surface area contributed by atoms with E-state index in [0.717, 1.165) is 16.9 Å². The van der Waals surface area contributed by atoms with E-state index in [4.69, 9.17) is 28.9 Å². The molecule has 2 aromatic heterocycles. The number of carboxylic acids is 1. The average molecular weight is 450 g/mol. The Hall–Kier alpha value is -2.95. The van der Waals surface area contributed by atoms with E-state index in [1.807, 2.05) is 0 Å². The number of aromatic carboxylic acids is 1. The second-order valence-electron chi connectivity index (χ2n) is 5.91. The standard InChI is InChI=1S/C18H16ClN5O3S2/c1-9(21-22-18(28)20-13-8-7-12(29-13)17(26)27)14-16(25)15(24(2)23-14)10-3-5-11(19)6-4-10/h3-8,25H,1-2H3,(H,26,27)(H2,20,22,28). The fourth-order valence-electron chi connectivity index (χ4n) is 2.54. The summed E-state index contributed by atoms with van der Waals surface area (Å²) < 4.78 is 1.56. The van der Waals surface area contributed by atoms with Gasteiger partial charge in [-0.3, -0.25) is 10.1 Å². The summed E-state index contributed by atoms with van der Waals surface area (Å²) in [6.07, 6.45) is 0. The van der Waals surface area contributed by atoms with E-state index in [1.54, 1.807) is 49.0 Å². The number of aromatic hydroxyl groups is 1. The first-order chi connectivity index (χ1) is 13.8. The Morgan fingerprint density at radius 3 is 2.59 bits per heavy atom. The van der Waals surface area contributed by atoms with Crippen molar-refractivity contribution in [3.63, 3.8) is 0 Å². The number of thiophene rings is 1. The van der Waals surface area contributed by atoms with E-state index < -0.39 is 5.97 Å². The highest BCUT2D eigenvalue weighted by Gasteiger charge is 2.19. The Bertz CT molecular complexity index is 1110. The van der Waals surface area contributed by atoms with E-state index in [-0.39, 0.29) is 15.7 Å². The Kier molecular flexibility index (Phi) is 6.16. The SMILES string of the molecule is CC(=NNC(=S)Nc1ccc(C(=O)O)s1)c1nn(C)c(-c2ccc(Cl)cc2)c1O. The van der Waals surface area contributed by atoms with E-state index >= 15 is 0 Å². The molecule has 0 aliphatic rings. The largest absolute Gasteiger partial charge is 0.504 e. The molecule has 29 heavy (non-hydrogen) atoms. The maximum absolute atomic E-state index is 10.9. The van der Waals surface area contributed by atoms with Crippen molar-refractivity contribution in [2.24, 2.45) is 12.1 Å². The minimum Gasteiger partial charge on any atom is -0.504 e. The fraction of sp³-hybridized carbons (Fsp3) is 0.111. The predicted octanol–water partition coefficient (Wildman–Crippen LogP) is 3.92. The van der Waals surface area contributed by atoms with Crippen LogP contribution in [-0.2, 0) is 7.05 Å². The number of aryl methyl sites for hydroxylation is 1. The van der Waals surface area contributed by atoms with Crippen molar-refractivity contribution < 1.29 is 15.0 Å². The van der Waals surface area contributed by atoms with Crippen molar-refractivity contribution >= 4 is 57.0 Å². The summed E-state index contributed by atoms with van der Waals surface area (Å²) in [6.45, 7) is 1.68. The molecule has 0 unspecified atom stereocenters. The van der Waals surface area contributed by atoms with E-state index in [9.17, 15) is 9.90 Å². The summed E-state index contributed by atoms with van der Waals surface area (Å²) in [7, 11) is 1.72. The number of hydrogen-bond acceptors (Lipinski definition) is 6. The van der Waals surface area contributed by atoms with Crippen LogP contribution in [0.25, 0.3) is 11.3 Å². The van der Waals surface area contributed by atoms with Gasteiger partial charge in [-0.25, -0.2) is 4.79 Å². The van der Waals surface area contributed by atoms with Crippen LogP contribution in [0.5, 0.6) is 5.75 Å². The maximum Gasteiger partial charge on any atom is 0.345 e. The van der Waals surface area contributed by atoms with Gasteiger partial charge in [-0.15, -0.1) is 11.3 Å². The van der Waals surface area contributed by atoms with Crippen LogP contribution in [-0.4, -0.2) is 36.8 Å². The predicted molar refractivity (Wildman–Crippen MR) is 118 cm³/mol. The summed E-state index contributed by atoms with van der Waals surface area (Å²) in [5.41, 5.74) is 4.68. The number of halogens is 1. The molecule has 3 aromatic rings. The van der Waals surface area contributed by atoms with Crippen molar-refractivity contribution in [1.82, 2.24) is 15.2 Å². The van der Waals surface area contributed by atoms with E-state index in [1.165, 1.54) is 6.07 Å². The number of hydrazone groups is 1. The summed E-state index contributed by atoms with van der Waals surface area (Å²) in [5, 5.41) is 32.3. The molecule has 0 fully saturated rings. The van der Waals surface area contributed by atoms with E-state index in [2.05, 4.69) is 20.9 Å². The van der Waals surface area contributed by atoms with Gasteiger partial charge in [0.1, 0.15) is 10.6 Å². The summed E-state index contributed by atoms with van der Waals surface area (Å²) in [4.78, 5) is 11.1. The molecule has 0 saturated carbocycles. The lowest BCUT2D eigenvalue weighted by atomic mass is 10.1. The zero-order chi connectivity index (χ0) is 21.1. The minimum absolute atomic E-state index is 0.0129. The van der Waals surface area contributed by atoms with Gasteiger partial charge in [0.25, 0.3) is 0 Å². The van der Waals surface area contributed by atoms with Gasteiger partial charge < -0.3 is 15.5 Å². The first kappa shape index (κ1) is 20.8. The molecule has 0 amide bonds. The monoisotopic (exact) mass is 449 g/mol. The molecule has 0 atom stereocenters. The molecule has 8 nitrogen and oxygen atoms in total. The minimum atomic E-state index is -1.00. The molecule has 0 saturated heterocycles. The first-order valence-corrected chi connectivity index (χ1v) is 9.83. The van der Waals surface area contributed by atoms with Crippen LogP contribution in [0.3, 0.4) is 0 Å². The molecule has 4 N–H and O–H groups in total. The number of hydrogen-bond donors (Lipinski definition) is 4. The van der Waals surface area contributed by atoms with Crippen LogP contribution in [0.2, 0.25) is 5.02 Å². The lowest BCUT2D eigenvalue weighted by molar-refractivity contribution is 0.0702. The lowest BCUT2D eigenvalue weighted by Gasteiger charge is -2.05. The third-order valence-corrected chi connectivity index (χ3v) is 5.30. The number of benzene rings is 1. The smallest absolute Gasteiger partial charge is 0.345 e. The van der Waals surface area contributed by atoms with Crippen molar-refractivity contribution in [3.8, 4) is 17.0 Å². The van der Waals surface area contributed by atoms with Gasteiger partial charge in [-0.1, -0.05) is 23.7 Å². The number of rotatable bonds is 5. The molecule has 150 valence electrons. The van der Waals surface area contributed by atoms with Gasteiger partial charge >= 0.3 is 5.97 Å². The highest BCUT2D eigenvalue weighted by molar-refractivity contribution is 7.80. The fourth-order valence-corrected chi connectivity index (χ4v) is 3.63. The van der Waals surface area contributed by atoms with Crippen LogP contribution in [0.4, 0.5) is 5.00 Å². The highest BCUT2D eigenvalue weighted by Crippen LogP contribution is 2.32. The molecule has 0 aliphatic carbocycles. The normalized spacial score (nSPS) is 11.3. The molecule has 0 bridgehead atoms. The van der Waals surface area contributed by atoms with Crippen LogP contribution in [0, 0.1) is 0 Å². The van der Waals surface area contributed by atoms with Crippen molar-refractivity contribution in [1.29, 1.82) is 0 Å².